The molecule has 0 atom stereocenters. The Labute approximate surface area is 135 Å². The van der Waals surface area contributed by atoms with E-state index in [2.05, 4.69) is 36.2 Å². The zero-order chi connectivity index (χ0) is 16.3. The molecule has 0 aliphatic carbocycles. The summed E-state index contributed by atoms with van der Waals surface area (Å²) in [5.74, 6) is -2.10. The fourth-order valence-corrected chi connectivity index (χ4v) is 2.47. The second kappa shape index (κ2) is 6.61. The number of nitrogens with zero attached hydrogens (tertiary/aromatic N) is 2. The van der Waals surface area contributed by atoms with Gasteiger partial charge in [0, 0.05) is 15.4 Å². The molecule has 0 radical (unpaired) electrons. The van der Waals surface area contributed by atoms with E-state index in [1.54, 1.807) is 12.3 Å². The molecule has 4 nitrogen and oxygen atoms in total. The van der Waals surface area contributed by atoms with Crippen LogP contribution in [0.1, 0.15) is 11.3 Å². The van der Waals surface area contributed by atoms with Crippen molar-refractivity contribution in [3.63, 3.8) is 0 Å². The third kappa shape index (κ3) is 4.41. The maximum Gasteiger partial charge on any atom is 0.573 e. The first kappa shape index (κ1) is 16.7. The summed E-state index contributed by atoms with van der Waals surface area (Å²) in [6.45, 7) is 1.79. The predicted octanol–water partition coefficient (Wildman–Crippen LogP) is 4.70. The first-order valence-corrected chi connectivity index (χ1v) is 7.38. The molecule has 2 rings (SSSR count). The minimum atomic E-state index is -4.97. The van der Waals surface area contributed by atoms with E-state index in [4.69, 9.17) is 0 Å². The van der Waals surface area contributed by atoms with Crippen LogP contribution in [0.15, 0.2) is 27.1 Å². The zero-order valence-electron chi connectivity index (χ0n) is 10.9. The molecule has 1 aromatic carbocycles. The van der Waals surface area contributed by atoms with E-state index in [0.717, 1.165) is 18.0 Å². The maximum absolute atomic E-state index is 14.0. The summed E-state index contributed by atoms with van der Waals surface area (Å²) in [6.07, 6.45) is -3.93. The predicted molar refractivity (Wildman–Crippen MR) is 78.9 cm³/mol. The second-order valence-electron chi connectivity index (χ2n) is 3.99. The van der Waals surface area contributed by atoms with Gasteiger partial charge >= 0.3 is 6.36 Å². The van der Waals surface area contributed by atoms with Gasteiger partial charge in [-0.3, -0.25) is 5.43 Å². The summed E-state index contributed by atoms with van der Waals surface area (Å²) in [6, 6.07) is 2.11. The standard InChI is InChI=1S/C12H8BrF4N3OS/c1-6-5-22-11(19-6)20-18-4-7-8(13)2-3-9(10(7)14)21-12(15,16)17/h2-5H,1H3,(H,19,20). The lowest BCUT2D eigenvalue weighted by Gasteiger charge is -2.11. The van der Waals surface area contributed by atoms with E-state index in [-0.39, 0.29) is 10.0 Å². The van der Waals surface area contributed by atoms with Crippen LogP contribution in [-0.2, 0) is 0 Å². The van der Waals surface area contributed by atoms with Crippen molar-refractivity contribution in [3.05, 3.63) is 39.1 Å². The Bertz CT molecular complexity index is 702. The number of hydrogen-bond donors (Lipinski definition) is 1. The van der Waals surface area contributed by atoms with Gasteiger partial charge in [0.25, 0.3) is 0 Å². The largest absolute Gasteiger partial charge is 0.573 e. The van der Waals surface area contributed by atoms with Crippen LogP contribution in [0.5, 0.6) is 5.75 Å². The highest BCUT2D eigenvalue weighted by molar-refractivity contribution is 9.10. The summed E-state index contributed by atoms with van der Waals surface area (Å²) >= 11 is 4.33. The molecule has 0 saturated heterocycles. The van der Waals surface area contributed by atoms with Crippen molar-refractivity contribution in [1.82, 2.24) is 4.98 Å². The van der Waals surface area contributed by atoms with Crippen molar-refractivity contribution >= 4 is 38.6 Å². The molecule has 2 aromatic rings. The number of ether oxygens (including phenoxy) is 1. The molecule has 1 N–H and O–H groups in total. The number of aryl methyl sites for hydroxylation is 1. The summed E-state index contributed by atoms with van der Waals surface area (Å²) < 4.78 is 54.4. The SMILES string of the molecule is Cc1csc(NN=Cc2c(Br)ccc(OC(F)(F)F)c2F)n1. The monoisotopic (exact) mass is 397 g/mol. The molecule has 0 saturated carbocycles. The highest BCUT2D eigenvalue weighted by Crippen LogP contribution is 2.30. The average molecular weight is 398 g/mol. The second-order valence-corrected chi connectivity index (χ2v) is 5.70. The van der Waals surface area contributed by atoms with E-state index >= 15 is 0 Å². The molecule has 1 heterocycles. The van der Waals surface area contributed by atoms with Gasteiger partial charge in [-0.25, -0.2) is 9.37 Å². The summed E-state index contributed by atoms with van der Waals surface area (Å²) in [4.78, 5) is 4.07. The molecular weight excluding hydrogens is 390 g/mol. The molecule has 0 aliphatic heterocycles. The number of thiazole rings is 1. The summed E-state index contributed by atoms with van der Waals surface area (Å²) in [7, 11) is 0. The minimum absolute atomic E-state index is 0.178. The lowest BCUT2D eigenvalue weighted by Crippen LogP contribution is -2.18. The fourth-order valence-electron chi connectivity index (χ4n) is 1.43. The average Bonchev–Trinajstić information content (AvgIpc) is 2.81. The lowest BCUT2D eigenvalue weighted by atomic mass is 10.2. The molecule has 118 valence electrons. The van der Waals surface area contributed by atoms with Gasteiger partial charge in [-0.05, 0) is 19.1 Å². The van der Waals surface area contributed by atoms with Crippen molar-refractivity contribution in [2.24, 2.45) is 5.10 Å². The van der Waals surface area contributed by atoms with Crippen LogP contribution in [0.25, 0.3) is 0 Å². The van der Waals surface area contributed by atoms with Gasteiger partial charge in [-0.2, -0.15) is 5.10 Å². The molecule has 0 unspecified atom stereocenters. The van der Waals surface area contributed by atoms with Gasteiger partial charge in [0.2, 0.25) is 5.13 Å². The number of halogens is 5. The highest BCUT2D eigenvalue weighted by Gasteiger charge is 2.33. The molecule has 0 fully saturated rings. The van der Waals surface area contributed by atoms with Gasteiger partial charge in [-0.1, -0.05) is 15.9 Å². The number of aromatic nitrogens is 1. The van der Waals surface area contributed by atoms with Crippen LogP contribution < -0.4 is 10.2 Å². The van der Waals surface area contributed by atoms with Crippen LogP contribution in [0.4, 0.5) is 22.7 Å². The van der Waals surface area contributed by atoms with Gasteiger partial charge in [-0.15, -0.1) is 24.5 Å². The Morgan fingerprint density at radius 3 is 2.73 bits per heavy atom. The molecule has 1 aromatic heterocycles. The Morgan fingerprint density at radius 1 is 1.41 bits per heavy atom. The molecule has 0 aliphatic rings. The molecule has 22 heavy (non-hydrogen) atoms. The van der Waals surface area contributed by atoms with Crippen LogP contribution in [0.2, 0.25) is 0 Å². The van der Waals surface area contributed by atoms with E-state index < -0.39 is 17.9 Å². The normalized spacial score (nSPS) is 11.9. The Kier molecular flexibility index (Phi) is 5.01. The number of nitrogens with one attached hydrogen (secondary N) is 1. The number of benzene rings is 1. The summed E-state index contributed by atoms with van der Waals surface area (Å²) in [5, 5.41) is 6.01. The van der Waals surface area contributed by atoms with Crippen molar-refractivity contribution < 1.29 is 22.3 Å². The molecule has 0 spiro atoms. The number of rotatable bonds is 4. The maximum atomic E-state index is 14.0. The molecule has 0 bridgehead atoms. The third-order valence-corrected chi connectivity index (χ3v) is 3.85. The zero-order valence-corrected chi connectivity index (χ0v) is 13.3. The minimum Gasteiger partial charge on any atom is -0.403 e. The Balaban J connectivity index is 2.20. The topological polar surface area (TPSA) is 46.5 Å². The van der Waals surface area contributed by atoms with E-state index in [9.17, 15) is 17.6 Å². The number of hydrogen-bond acceptors (Lipinski definition) is 5. The summed E-state index contributed by atoms with van der Waals surface area (Å²) in [5.41, 5.74) is 3.17. The van der Waals surface area contributed by atoms with Crippen LogP contribution in [0.3, 0.4) is 0 Å². The molecular formula is C12H8BrF4N3OS. The van der Waals surface area contributed by atoms with Crippen molar-refractivity contribution in [1.29, 1.82) is 0 Å². The Hall–Kier alpha value is -1.68. The van der Waals surface area contributed by atoms with E-state index in [1.807, 2.05) is 0 Å². The van der Waals surface area contributed by atoms with Crippen LogP contribution in [0, 0.1) is 12.7 Å². The third-order valence-electron chi connectivity index (χ3n) is 2.29. The van der Waals surface area contributed by atoms with E-state index in [0.29, 0.717) is 5.13 Å². The Morgan fingerprint density at radius 2 is 2.14 bits per heavy atom. The molecule has 0 amide bonds. The van der Waals surface area contributed by atoms with Gasteiger partial charge in [0.05, 0.1) is 11.9 Å². The highest BCUT2D eigenvalue weighted by atomic mass is 79.9. The van der Waals surface area contributed by atoms with Gasteiger partial charge < -0.3 is 4.74 Å². The van der Waals surface area contributed by atoms with Gasteiger partial charge in [0.15, 0.2) is 11.6 Å². The number of hydrazone groups is 1. The van der Waals surface area contributed by atoms with Gasteiger partial charge in [0.1, 0.15) is 0 Å². The van der Waals surface area contributed by atoms with E-state index in [1.165, 1.54) is 17.4 Å². The van der Waals surface area contributed by atoms with Crippen molar-refractivity contribution in [3.8, 4) is 5.75 Å². The smallest absolute Gasteiger partial charge is 0.403 e. The number of anilines is 1. The first-order valence-electron chi connectivity index (χ1n) is 5.71. The van der Waals surface area contributed by atoms with Crippen molar-refractivity contribution in [2.45, 2.75) is 13.3 Å². The molecule has 10 heteroatoms. The number of alkyl halides is 3. The van der Waals surface area contributed by atoms with Crippen LogP contribution >= 0.6 is 27.3 Å². The fraction of sp³-hybridized carbons (Fsp3) is 0.167. The quantitative estimate of drug-likeness (QED) is 0.462. The van der Waals surface area contributed by atoms with Crippen LogP contribution in [-0.4, -0.2) is 17.6 Å². The first-order chi connectivity index (χ1) is 10.3. The lowest BCUT2D eigenvalue weighted by molar-refractivity contribution is -0.275. The van der Waals surface area contributed by atoms with Crippen molar-refractivity contribution in [2.75, 3.05) is 5.43 Å².